The van der Waals surface area contributed by atoms with Crippen molar-refractivity contribution >= 4 is 0 Å². The predicted octanol–water partition coefficient (Wildman–Crippen LogP) is 0.340. The van der Waals surface area contributed by atoms with Gasteiger partial charge in [-0.15, -0.1) is 0 Å². The van der Waals surface area contributed by atoms with Crippen LogP contribution in [0, 0.1) is 20.8 Å². The molecule has 0 atom stereocenters. The van der Waals surface area contributed by atoms with Gasteiger partial charge in [0.05, 0.1) is 11.3 Å². The zero-order chi connectivity index (χ0) is 26.0. The number of benzene rings is 2. The summed E-state index contributed by atoms with van der Waals surface area (Å²) in [7, 11) is 0. The van der Waals surface area contributed by atoms with E-state index < -0.39 is 17.0 Å². The molecule has 0 fully saturated rings. The van der Waals surface area contributed by atoms with Crippen LogP contribution in [0.4, 0.5) is 0 Å². The van der Waals surface area contributed by atoms with Crippen molar-refractivity contribution in [1.82, 2.24) is 19.5 Å². The van der Waals surface area contributed by atoms with E-state index in [1.807, 2.05) is 61.9 Å². The van der Waals surface area contributed by atoms with Gasteiger partial charge in [-0.05, 0) is 75.4 Å². The molecule has 2 heterocycles. The third-order valence-electron chi connectivity index (χ3n) is 6.26. The standard InChI is InChI=1S/C27H32N4O5.Na/c1-17-21(16-35-22-11-9-20(10-12-22)15-31-25(32)28-26(33)36-31)7-6-8-23(17)24-18(2)29-30(19(24)3)14-13-27(4,5)34;/h6-12,34H,13-16H2,1-5H3,(H,28,32,33);/q;+1/p-1. The summed E-state index contributed by atoms with van der Waals surface area (Å²) in [6, 6.07) is 13.4. The average molecular weight is 515 g/mol. The predicted molar refractivity (Wildman–Crippen MR) is 135 cm³/mol. The number of ether oxygens (including phenoxy) is 1. The zero-order valence-electron chi connectivity index (χ0n) is 22.2. The summed E-state index contributed by atoms with van der Waals surface area (Å²) < 4.78 is 13.7. The van der Waals surface area contributed by atoms with E-state index in [4.69, 9.17) is 14.4 Å². The molecule has 2 aromatic heterocycles. The quantitative estimate of drug-likeness (QED) is 0.321. The Balaban J connectivity index is 0.00000380. The van der Waals surface area contributed by atoms with E-state index in [1.54, 1.807) is 0 Å². The largest absolute Gasteiger partial charge is 1.00 e. The fraction of sp³-hybridized carbons (Fsp3) is 0.370. The van der Waals surface area contributed by atoms with E-state index in [-0.39, 0.29) is 36.1 Å². The molecule has 0 bridgehead atoms. The summed E-state index contributed by atoms with van der Waals surface area (Å²) in [5.41, 5.74) is 5.78. The van der Waals surface area contributed by atoms with Crippen molar-refractivity contribution in [2.75, 3.05) is 0 Å². The van der Waals surface area contributed by atoms with Crippen molar-refractivity contribution in [2.24, 2.45) is 0 Å². The van der Waals surface area contributed by atoms with Gasteiger partial charge in [-0.2, -0.15) is 5.10 Å². The number of rotatable bonds is 9. The van der Waals surface area contributed by atoms with Crippen LogP contribution in [0.2, 0.25) is 0 Å². The van der Waals surface area contributed by atoms with Crippen molar-refractivity contribution in [3.63, 3.8) is 0 Å². The van der Waals surface area contributed by atoms with E-state index in [0.29, 0.717) is 25.3 Å². The van der Waals surface area contributed by atoms with Gasteiger partial charge in [0.25, 0.3) is 0 Å². The first-order chi connectivity index (χ1) is 17.0. The Morgan fingerprint density at radius 2 is 1.78 bits per heavy atom. The minimum Gasteiger partial charge on any atom is -0.489 e. The van der Waals surface area contributed by atoms with Crippen LogP contribution in [0.5, 0.6) is 5.75 Å². The minimum absolute atomic E-state index is 0. The van der Waals surface area contributed by atoms with Crippen molar-refractivity contribution < 1.29 is 43.9 Å². The molecule has 0 aliphatic rings. The smallest absolute Gasteiger partial charge is 0.489 e. The Kier molecular flexibility index (Phi) is 9.07. The van der Waals surface area contributed by atoms with Crippen LogP contribution in [-0.4, -0.2) is 25.2 Å². The van der Waals surface area contributed by atoms with E-state index >= 15 is 0 Å². The maximum Gasteiger partial charge on any atom is 1.00 e. The first-order valence-corrected chi connectivity index (χ1v) is 11.8. The van der Waals surface area contributed by atoms with Crippen molar-refractivity contribution in [3.8, 4) is 16.9 Å². The molecule has 37 heavy (non-hydrogen) atoms. The monoisotopic (exact) mass is 514 g/mol. The van der Waals surface area contributed by atoms with Gasteiger partial charge in [0, 0.05) is 24.3 Å². The minimum atomic E-state index is -0.899. The zero-order valence-corrected chi connectivity index (χ0v) is 24.2. The average Bonchev–Trinajstić information content (AvgIpc) is 3.28. The molecule has 0 amide bonds. The van der Waals surface area contributed by atoms with Gasteiger partial charge >= 0.3 is 35.3 Å². The van der Waals surface area contributed by atoms with Gasteiger partial charge in [0.2, 0.25) is 0 Å². The van der Waals surface area contributed by atoms with Crippen LogP contribution >= 0.6 is 0 Å². The molecule has 0 aliphatic heterocycles. The van der Waals surface area contributed by atoms with Gasteiger partial charge in [-0.25, -0.2) is 4.79 Å². The van der Waals surface area contributed by atoms with E-state index in [1.165, 1.54) is 0 Å². The summed E-state index contributed by atoms with van der Waals surface area (Å²) in [6.07, 6.45) is 0.620. The molecule has 190 valence electrons. The third-order valence-corrected chi connectivity index (χ3v) is 6.26. The van der Waals surface area contributed by atoms with Crippen LogP contribution in [0.15, 0.2) is 56.6 Å². The van der Waals surface area contributed by atoms with E-state index in [2.05, 4.69) is 24.9 Å². The first kappa shape index (κ1) is 28.7. The maximum atomic E-state index is 11.6. The van der Waals surface area contributed by atoms with Gasteiger partial charge in [0.15, 0.2) is 5.69 Å². The summed E-state index contributed by atoms with van der Waals surface area (Å²) in [5.74, 6) is -0.214. The fourth-order valence-electron chi connectivity index (χ4n) is 4.20. The number of hydrogen-bond acceptors (Lipinski definition) is 6. The number of nitrogens with zero attached hydrogens (tertiary/aromatic N) is 4. The first-order valence-electron chi connectivity index (χ1n) is 11.8. The van der Waals surface area contributed by atoms with Crippen LogP contribution in [0.3, 0.4) is 0 Å². The Bertz CT molecular complexity index is 1470. The number of aliphatic hydroxyl groups is 1. The summed E-state index contributed by atoms with van der Waals surface area (Å²) in [6.45, 7) is 10.9. The molecule has 1 N–H and O–H groups in total. The fourth-order valence-corrected chi connectivity index (χ4v) is 4.20. The number of aryl methyl sites for hydroxylation is 2. The molecule has 2 aromatic carbocycles. The molecule has 0 unspecified atom stereocenters. The van der Waals surface area contributed by atoms with Crippen molar-refractivity contribution in [3.05, 3.63) is 91.6 Å². The molecule has 9 nitrogen and oxygen atoms in total. The number of aromatic nitrogens is 4. The Morgan fingerprint density at radius 3 is 2.41 bits per heavy atom. The molecular weight excluding hydrogens is 483 g/mol. The molecule has 4 rings (SSSR count). The van der Waals surface area contributed by atoms with E-state index in [0.717, 1.165) is 43.9 Å². The van der Waals surface area contributed by atoms with Crippen LogP contribution in [0.25, 0.3) is 11.1 Å². The van der Waals surface area contributed by atoms with Crippen LogP contribution in [-0.2, 0) is 19.7 Å². The van der Waals surface area contributed by atoms with Crippen molar-refractivity contribution in [2.45, 2.75) is 66.3 Å². The second-order valence-electron chi connectivity index (χ2n) is 9.64. The second kappa shape index (κ2) is 11.7. The van der Waals surface area contributed by atoms with Gasteiger partial charge in [-0.1, -0.05) is 30.3 Å². The Hall–Kier alpha value is -2.85. The number of hydrogen-bond donors (Lipinski definition) is 1. The molecule has 0 saturated heterocycles. The summed E-state index contributed by atoms with van der Waals surface area (Å²) >= 11 is 0. The van der Waals surface area contributed by atoms with Gasteiger partial charge in [0.1, 0.15) is 12.4 Å². The van der Waals surface area contributed by atoms with Crippen molar-refractivity contribution in [1.29, 1.82) is 0 Å². The molecule has 0 saturated carbocycles. The van der Waals surface area contributed by atoms with E-state index in [9.17, 15) is 14.7 Å². The summed E-state index contributed by atoms with van der Waals surface area (Å²) in [5, 5.41) is 14.8. The van der Waals surface area contributed by atoms with Gasteiger partial charge < -0.3 is 19.4 Å². The topological polar surface area (TPSA) is 114 Å². The molecule has 0 radical (unpaired) electrons. The molecule has 10 heteroatoms. The second-order valence-corrected chi connectivity index (χ2v) is 9.64. The van der Waals surface area contributed by atoms with Crippen LogP contribution < -0.4 is 50.7 Å². The van der Waals surface area contributed by atoms with Crippen LogP contribution in [0.1, 0.15) is 48.3 Å². The van der Waals surface area contributed by atoms with Gasteiger partial charge in [-0.3, -0.25) is 14.2 Å². The third kappa shape index (κ3) is 6.93. The normalized spacial score (nSPS) is 11.4. The summed E-state index contributed by atoms with van der Waals surface area (Å²) in [4.78, 5) is 25.9. The molecule has 0 aliphatic carbocycles. The molecule has 4 aromatic rings. The molecule has 0 spiro atoms. The SMILES string of the molecule is Cc1nn(CCC(C)(C)O)c(C)c1-c1cccc(COc2ccc(Cn3oc(=O)[n-]c3=O)cc2)c1C.[Na+]. The maximum absolute atomic E-state index is 11.6. The Labute approximate surface area is 237 Å². The Morgan fingerprint density at radius 1 is 1.08 bits per heavy atom. The molecular formula is C27H31N4NaO5.